The van der Waals surface area contributed by atoms with Gasteiger partial charge in [0.05, 0.1) is 13.2 Å². The van der Waals surface area contributed by atoms with Crippen LogP contribution in [0, 0.1) is 5.92 Å². The van der Waals surface area contributed by atoms with Gasteiger partial charge in [0.25, 0.3) is 5.91 Å². The smallest absolute Gasteiger partial charge is 0.253 e. The third kappa shape index (κ3) is 7.33. The fraction of sp³-hybridized carbons (Fsp3) is 0.636. The first-order chi connectivity index (χ1) is 14.2. The summed E-state index contributed by atoms with van der Waals surface area (Å²) in [4.78, 5) is 19.1. The summed E-state index contributed by atoms with van der Waals surface area (Å²) in [7, 11) is 2.03. The lowest BCUT2D eigenvalue weighted by Gasteiger charge is -2.22. The fourth-order valence-corrected chi connectivity index (χ4v) is 3.23. The lowest BCUT2D eigenvalue weighted by molar-refractivity contribution is -0.124. The molecule has 7 heteroatoms. The first-order valence-corrected chi connectivity index (χ1v) is 10.7. The molecule has 1 saturated carbocycles. The number of nitrogens with one attached hydrogen (secondary N) is 2. The van der Waals surface area contributed by atoms with Gasteiger partial charge in [-0.1, -0.05) is 12.1 Å². The highest BCUT2D eigenvalue weighted by Crippen LogP contribution is 2.28. The van der Waals surface area contributed by atoms with E-state index in [0.29, 0.717) is 19.8 Å². The summed E-state index contributed by atoms with van der Waals surface area (Å²) in [5.74, 6) is 1.58. The predicted octanol–water partition coefficient (Wildman–Crippen LogP) is 2.63. The van der Waals surface area contributed by atoms with Crippen LogP contribution in [0.5, 0.6) is 0 Å². The highest BCUT2D eigenvalue weighted by atomic mass is 16.5. The van der Waals surface area contributed by atoms with Gasteiger partial charge in [-0.25, -0.2) is 4.99 Å². The molecule has 1 aliphatic carbocycles. The predicted molar refractivity (Wildman–Crippen MR) is 115 cm³/mol. The number of ether oxygens (including phenoxy) is 2. The van der Waals surface area contributed by atoms with E-state index in [1.54, 1.807) is 0 Å². The summed E-state index contributed by atoms with van der Waals surface area (Å²) in [6.45, 7) is 6.47. The maximum Gasteiger partial charge on any atom is 0.253 e. The number of carbonyl (C=O) groups is 1. The van der Waals surface area contributed by atoms with Gasteiger partial charge >= 0.3 is 0 Å². The summed E-state index contributed by atoms with van der Waals surface area (Å²) in [5.41, 5.74) is 1.83. The van der Waals surface area contributed by atoms with E-state index < -0.39 is 0 Å². The number of benzene rings is 1. The van der Waals surface area contributed by atoms with Crippen molar-refractivity contribution in [3.05, 3.63) is 29.8 Å². The molecule has 2 aliphatic rings. The van der Waals surface area contributed by atoms with Crippen molar-refractivity contribution in [3.8, 4) is 0 Å². The molecule has 1 amide bonds. The first-order valence-electron chi connectivity index (χ1n) is 10.7. The Morgan fingerprint density at radius 3 is 2.93 bits per heavy atom. The third-order valence-electron chi connectivity index (χ3n) is 5.15. The van der Waals surface area contributed by atoms with E-state index in [4.69, 9.17) is 14.5 Å². The van der Waals surface area contributed by atoms with Gasteiger partial charge in [0.1, 0.15) is 6.10 Å². The Morgan fingerprint density at radius 2 is 2.21 bits per heavy atom. The van der Waals surface area contributed by atoms with E-state index in [-0.39, 0.29) is 12.0 Å². The zero-order valence-corrected chi connectivity index (χ0v) is 17.7. The lowest BCUT2D eigenvalue weighted by Crippen LogP contribution is -2.40. The summed E-state index contributed by atoms with van der Waals surface area (Å²) >= 11 is 0. The van der Waals surface area contributed by atoms with E-state index in [1.807, 2.05) is 31.3 Å². The van der Waals surface area contributed by atoms with Crippen molar-refractivity contribution < 1.29 is 14.3 Å². The highest BCUT2D eigenvalue weighted by Gasteiger charge is 2.23. The van der Waals surface area contributed by atoms with E-state index in [9.17, 15) is 4.79 Å². The minimum Gasteiger partial charge on any atom is -0.379 e. The molecule has 1 aromatic rings. The monoisotopic (exact) mass is 402 g/mol. The zero-order chi connectivity index (χ0) is 20.5. The van der Waals surface area contributed by atoms with Crippen molar-refractivity contribution >= 4 is 17.6 Å². The number of aliphatic imine (C=N–C) groups is 1. The van der Waals surface area contributed by atoms with Gasteiger partial charge in [-0.05, 0) is 56.2 Å². The van der Waals surface area contributed by atoms with E-state index >= 15 is 0 Å². The minimum absolute atomic E-state index is 0.0672. The normalized spacial score (nSPS) is 19.2. The topological polar surface area (TPSA) is 75.2 Å². The minimum atomic E-state index is -0.326. The van der Waals surface area contributed by atoms with Gasteiger partial charge in [0.2, 0.25) is 0 Å². The van der Waals surface area contributed by atoms with Crippen molar-refractivity contribution in [1.82, 2.24) is 10.2 Å². The van der Waals surface area contributed by atoms with E-state index in [0.717, 1.165) is 55.7 Å². The van der Waals surface area contributed by atoms with E-state index in [1.165, 1.54) is 12.8 Å². The molecule has 1 saturated heterocycles. The van der Waals surface area contributed by atoms with Gasteiger partial charge in [-0.2, -0.15) is 0 Å². The largest absolute Gasteiger partial charge is 0.379 e. The average Bonchev–Trinajstić information content (AvgIpc) is 3.38. The van der Waals surface area contributed by atoms with Crippen molar-refractivity contribution in [3.63, 3.8) is 0 Å². The van der Waals surface area contributed by atoms with E-state index in [2.05, 4.69) is 22.5 Å². The van der Waals surface area contributed by atoms with Crippen LogP contribution in [0.4, 0.5) is 5.69 Å². The molecule has 2 N–H and O–H groups in total. The van der Waals surface area contributed by atoms with Crippen LogP contribution in [0.1, 0.15) is 38.2 Å². The van der Waals surface area contributed by atoms with Gasteiger partial charge < -0.3 is 25.0 Å². The first kappa shape index (κ1) is 21.6. The maximum absolute atomic E-state index is 12.2. The number of guanidine groups is 1. The van der Waals surface area contributed by atoms with Crippen LogP contribution in [0.2, 0.25) is 0 Å². The molecule has 1 heterocycles. The van der Waals surface area contributed by atoms with Crippen LogP contribution in [-0.2, 0) is 20.8 Å². The van der Waals surface area contributed by atoms with Gasteiger partial charge in [-0.3, -0.25) is 4.79 Å². The number of nitrogens with zero attached hydrogens (tertiary/aromatic N) is 2. The lowest BCUT2D eigenvalue weighted by atomic mass is 10.2. The Labute approximate surface area is 173 Å². The molecule has 3 rings (SSSR count). The van der Waals surface area contributed by atoms with Crippen LogP contribution in [0.15, 0.2) is 29.3 Å². The summed E-state index contributed by atoms with van der Waals surface area (Å²) in [6, 6.07) is 7.83. The molecule has 29 heavy (non-hydrogen) atoms. The number of amides is 1. The Hall–Kier alpha value is -2.12. The number of rotatable bonds is 10. The Bertz CT molecular complexity index is 684. The molecule has 1 aromatic carbocycles. The number of hydrogen-bond donors (Lipinski definition) is 2. The second-order valence-electron chi connectivity index (χ2n) is 7.80. The Morgan fingerprint density at radius 1 is 1.34 bits per heavy atom. The van der Waals surface area contributed by atoms with Crippen LogP contribution in [0.3, 0.4) is 0 Å². The molecule has 0 radical (unpaired) electrons. The molecule has 2 fully saturated rings. The summed E-state index contributed by atoms with van der Waals surface area (Å²) in [6.07, 6.45) is 4.03. The molecule has 7 nitrogen and oxygen atoms in total. The molecular formula is C22H34N4O3. The highest BCUT2D eigenvalue weighted by molar-refractivity contribution is 5.94. The van der Waals surface area contributed by atoms with Crippen molar-refractivity contribution in [2.24, 2.45) is 10.9 Å². The Kier molecular flexibility index (Phi) is 8.31. The average molecular weight is 403 g/mol. The van der Waals surface area contributed by atoms with Crippen LogP contribution in [0.25, 0.3) is 0 Å². The molecule has 1 aliphatic heterocycles. The molecule has 160 valence electrons. The third-order valence-corrected chi connectivity index (χ3v) is 5.15. The van der Waals surface area contributed by atoms with Crippen LogP contribution in [-0.4, -0.2) is 62.8 Å². The quantitative estimate of drug-likeness (QED) is 0.357. The SMILES string of the molecule is CCNC(=NCc1cccc(NC(=O)C2CCCO2)c1)N(C)CCOCC1CC1. The number of carbonyl (C=O) groups excluding carboxylic acids is 1. The van der Waals surface area contributed by atoms with Gasteiger partial charge in [-0.15, -0.1) is 0 Å². The second-order valence-corrected chi connectivity index (χ2v) is 7.80. The molecule has 0 spiro atoms. The van der Waals surface area contributed by atoms with Crippen LogP contribution >= 0.6 is 0 Å². The van der Waals surface area contributed by atoms with Crippen molar-refractivity contribution in [2.45, 2.75) is 45.3 Å². The zero-order valence-electron chi connectivity index (χ0n) is 17.7. The maximum atomic E-state index is 12.2. The molecule has 0 aromatic heterocycles. The van der Waals surface area contributed by atoms with Crippen molar-refractivity contribution in [1.29, 1.82) is 0 Å². The number of anilines is 1. The van der Waals surface area contributed by atoms with Crippen LogP contribution < -0.4 is 10.6 Å². The molecule has 1 atom stereocenters. The Balaban J connectivity index is 1.51. The standard InChI is InChI=1S/C22H34N4O3/c1-3-23-22(26(2)11-13-28-16-17-9-10-17)24-15-18-6-4-7-19(14-18)25-21(27)20-8-5-12-29-20/h4,6-7,14,17,20H,3,5,8-13,15-16H2,1-2H3,(H,23,24)(H,25,27). The summed E-state index contributed by atoms with van der Waals surface area (Å²) in [5, 5.41) is 6.29. The molecular weight excluding hydrogens is 368 g/mol. The number of likely N-dealkylation sites (N-methyl/N-ethyl adjacent to an activating group) is 1. The second kappa shape index (κ2) is 11.2. The summed E-state index contributed by atoms with van der Waals surface area (Å²) < 4.78 is 11.2. The van der Waals surface area contributed by atoms with Crippen molar-refractivity contribution in [2.75, 3.05) is 45.3 Å². The van der Waals surface area contributed by atoms with Gasteiger partial charge in [0, 0.05) is 39.0 Å². The number of hydrogen-bond acceptors (Lipinski definition) is 4. The molecule has 0 bridgehead atoms. The molecule has 1 unspecified atom stereocenters. The van der Waals surface area contributed by atoms with Gasteiger partial charge in [0.15, 0.2) is 5.96 Å². The fourth-order valence-electron chi connectivity index (χ4n) is 3.23.